The van der Waals surface area contributed by atoms with E-state index in [0.29, 0.717) is 12.8 Å². The normalized spacial score (nSPS) is 10.4. The number of amides is 2. The molecule has 0 spiro atoms. The van der Waals surface area contributed by atoms with Crippen molar-refractivity contribution in [1.29, 1.82) is 0 Å². The number of carbonyl (C=O) groups is 2. The first kappa shape index (κ1) is 19.9. The van der Waals surface area contributed by atoms with Gasteiger partial charge >= 0.3 is 0 Å². The topological polar surface area (TPSA) is 110 Å². The molecule has 6 N–H and O–H groups in total. The van der Waals surface area contributed by atoms with Gasteiger partial charge in [-0.2, -0.15) is 0 Å². The molecule has 0 aliphatic heterocycles. The number of unbranched alkanes of at least 4 members (excludes halogenated alkanes) is 10. The molecule has 0 fully saturated rings. The average molecular weight is 300 g/mol. The fourth-order valence-corrected chi connectivity index (χ4v) is 2.31. The van der Waals surface area contributed by atoms with Gasteiger partial charge in [0.15, 0.2) is 0 Å². The largest absolute Gasteiger partial charge is 0.294 e. The summed E-state index contributed by atoms with van der Waals surface area (Å²) in [6, 6.07) is 0. The van der Waals surface area contributed by atoms with Gasteiger partial charge in [0.1, 0.15) is 0 Å². The maximum Gasteiger partial charge on any atom is 0.233 e. The van der Waals surface area contributed by atoms with E-state index in [4.69, 9.17) is 11.7 Å². The first-order chi connectivity index (χ1) is 10.2. The Balaban J connectivity index is 3.06. The lowest BCUT2D eigenvalue weighted by Gasteiger charge is -2.03. The molecule has 0 aliphatic carbocycles. The minimum absolute atomic E-state index is 0.0704. The standard InChI is InChI=1S/C15H32N4O2/c16-18-14(20)12-10-8-6-4-2-1-3-5-7-9-11-13-15(21)19-17/h1-13,16-17H2,(H,18,20)(H,19,21). The first-order valence-corrected chi connectivity index (χ1v) is 8.19. The van der Waals surface area contributed by atoms with E-state index in [9.17, 15) is 9.59 Å². The van der Waals surface area contributed by atoms with Gasteiger partial charge in [-0.25, -0.2) is 11.7 Å². The van der Waals surface area contributed by atoms with Crippen LogP contribution < -0.4 is 22.5 Å². The second kappa shape index (κ2) is 15.3. The maximum absolute atomic E-state index is 10.9. The van der Waals surface area contributed by atoms with Gasteiger partial charge in [0.05, 0.1) is 0 Å². The first-order valence-electron chi connectivity index (χ1n) is 8.19. The fourth-order valence-electron chi connectivity index (χ4n) is 2.31. The van der Waals surface area contributed by atoms with Gasteiger partial charge < -0.3 is 0 Å². The molecule has 0 aromatic rings. The van der Waals surface area contributed by atoms with Crippen LogP contribution in [-0.2, 0) is 9.59 Å². The second-order valence-electron chi connectivity index (χ2n) is 5.52. The van der Waals surface area contributed by atoms with Gasteiger partial charge in [-0.05, 0) is 12.8 Å². The Labute approximate surface area is 128 Å². The smallest absolute Gasteiger partial charge is 0.233 e. The predicted molar refractivity (Wildman–Crippen MR) is 84.7 cm³/mol. The van der Waals surface area contributed by atoms with Crippen molar-refractivity contribution in [3.8, 4) is 0 Å². The van der Waals surface area contributed by atoms with Crippen molar-refractivity contribution in [1.82, 2.24) is 10.9 Å². The van der Waals surface area contributed by atoms with Gasteiger partial charge in [0, 0.05) is 12.8 Å². The Morgan fingerprint density at radius 2 is 0.762 bits per heavy atom. The summed E-state index contributed by atoms with van der Waals surface area (Å²) in [4.78, 5) is 21.8. The van der Waals surface area contributed by atoms with Crippen LogP contribution >= 0.6 is 0 Å². The molecule has 2 amide bonds. The summed E-state index contributed by atoms with van der Waals surface area (Å²) in [5.41, 5.74) is 4.29. The van der Waals surface area contributed by atoms with Crippen LogP contribution in [0.5, 0.6) is 0 Å². The third kappa shape index (κ3) is 15.1. The molecule has 0 bridgehead atoms. The molecule has 6 nitrogen and oxygen atoms in total. The van der Waals surface area contributed by atoms with E-state index >= 15 is 0 Å². The van der Waals surface area contributed by atoms with E-state index in [0.717, 1.165) is 25.7 Å². The van der Waals surface area contributed by atoms with E-state index in [1.165, 1.54) is 44.9 Å². The van der Waals surface area contributed by atoms with Crippen LogP contribution in [0.3, 0.4) is 0 Å². The maximum atomic E-state index is 10.9. The molecular formula is C15H32N4O2. The molecule has 0 aliphatic rings. The monoisotopic (exact) mass is 300 g/mol. The number of hydrazine groups is 2. The molecule has 0 unspecified atom stereocenters. The molecule has 0 saturated carbocycles. The van der Waals surface area contributed by atoms with E-state index in [1.54, 1.807) is 0 Å². The highest BCUT2D eigenvalue weighted by molar-refractivity contribution is 5.75. The van der Waals surface area contributed by atoms with E-state index in [2.05, 4.69) is 10.9 Å². The van der Waals surface area contributed by atoms with E-state index in [-0.39, 0.29) is 11.8 Å². The van der Waals surface area contributed by atoms with Crippen molar-refractivity contribution >= 4 is 11.8 Å². The van der Waals surface area contributed by atoms with Crippen molar-refractivity contribution in [2.45, 2.75) is 83.5 Å². The number of nitrogens with two attached hydrogens (primary N) is 2. The molecule has 0 rings (SSSR count). The summed E-state index contributed by atoms with van der Waals surface area (Å²) in [6.45, 7) is 0. The molecule has 0 heterocycles. The Hall–Kier alpha value is -1.14. The molecule has 0 atom stereocenters. The zero-order valence-electron chi connectivity index (χ0n) is 13.2. The number of nitrogens with one attached hydrogen (secondary N) is 2. The van der Waals surface area contributed by atoms with Gasteiger partial charge in [0.25, 0.3) is 0 Å². The number of rotatable bonds is 14. The molecule has 21 heavy (non-hydrogen) atoms. The lowest BCUT2D eigenvalue weighted by molar-refractivity contribution is -0.122. The van der Waals surface area contributed by atoms with Gasteiger partial charge in [-0.3, -0.25) is 20.4 Å². The van der Waals surface area contributed by atoms with Crippen molar-refractivity contribution in [3.63, 3.8) is 0 Å². The lowest BCUT2D eigenvalue weighted by Crippen LogP contribution is -2.29. The quantitative estimate of drug-likeness (QED) is 0.170. The third-order valence-corrected chi connectivity index (χ3v) is 3.63. The van der Waals surface area contributed by atoms with E-state index in [1.807, 2.05) is 0 Å². The fraction of sp³-hybridized carbons (Fsp3) is 0.867. The van der Waals surface area contributed by atoms with Crippen LogP contribution in [-0.4, -0.2) is 11.8 Å². The zero-order valence-corrected chi connectivity index (χ0v) is 13.2. The third-order valence-electron chi connectivity index (χ3n) is 3.63. The van der Waals surface area contributed by atoms with Crippen molar-refractivity contribution < 1.29 is 9.59 Å². The van der Waals surface area contributed by atoms with Gasteiger partial charge in [-0.15, -0.1) is 0 Å². The Morgan fingerprint density at radius 1 is 0.524 bits per heavy atom. The predicted octanol–water partition coefficient (Wildman–Crippen LogP) is 2.04. The molecule has 0 radical (unpaired) electrons. The lowest BCUT2D eigenvalue weighted by atomic mass is 10.0. The number of hydrogen-bond acceptors (Lipinski definition) is 4. The zero-order chi connectivity index (χ0) is 15.8. The SMILES string of the molecule is NNC(=O)CCCCCCCCCCCCCC(=O)NN. The van der Waals surface area contributed by atoms with Crippen LogP contribution in [0.4, 0.5) is 0 Å². The summed E-state index contributed by atoms with van der Waals surface area (Å²) < 4.78 is 0. The molecular weight excluding hydrogens is 268 g/mol. The minimum atomic E-state index is -0.0704. The Kier molecular flexibility index (Phi) is 14.4. The highest BCUT2D eigenvalue weighted by atomic mass is 16.2. The summed E-state index contributed by atoms with van der Waals surface area (Å²) in [5, 5.41) is 0. The molecule has 6 heteroatoms. The summed E-state index contributed by atoms with van der Waals surface area (Å²) >= 11 is 0. The Morgan fingerprint density at radius 3 is 1.00 bits per heavy atom. The molecule has 0 aromatic heterocycles. The summed E-state index contributed by atoms with van der Waals surface area (Å²) in [5.74, 6) is 9.88. The summed E-state index contributed by atoms with van der Waals surface area (Å²) in [7, 11) is 0. The highest BCUT2D eigenvalue weighted by Crippen LogP contribution is 2.12. The number of hydrogen-bond donors (Lipinski definition) is 4. The molecule has 0 saturated heterocycles. The molecule has 0 aromatic carbocycles. The van der Waals surface area contributed by atoms with E-state index < -0.39 is 0 Å². The highest BCUT2D eigenvalue weighted by Gasteiger charge is 1.99. The Bertz CT molecular complexity index is 246. The average Bonchev–Trinajstić information content (AvgIpc) is 2.51. The molecule has 124 valence electrons. The van der Waals surface area contributed by atoms with Gasteiger partial charge in [0.2, 0.25) is 11.8 Å². The van der Waals surface area contributed by atoms with Gasteiger partial charge in [-0.1, -0.05) is 57.8 Å². The second-order valence-corrected chi connectivity index (χ2v) is 5.52. The van der Waals surface area contributed by atoms with Crippen molar-refractivity contribution in [2.24, 2.45) is 11.7 Å². The van der Waals surface area contributed by atoms with Crippen LogP contribution in [0.1, 0.15) is 83.5 Å². The van der Waals surface area contributed by atoms with Crippen LogP contribution in [0.2, 0.25) is 0 Å². The van der Waals surface area contributed by atoms with Crippen LogP contribution in [0.25, 0.3) is 0 Å². The minimum Gasteiger partial charge on any atom is -0.294 e. The van der Waals surface area contributed by atoms with Crippen molar-refractivity contribution in [3.05, 3.63) is 0 Å². The summed E-state index contributed by atoms with van der Waals surface area (Å²) in [6.07, 6.45) is 13.9. The van der Waals surface area contributed by atoms with Crippen molar-refractivity contribution in [2.75, 3.05) is 0 Å². The van der Waals surface area contributed by atoms with Crippen LogP contribution in [0, 0.1) is 0 Å². The van der Waals surface area contributed by atoms with Crippen LogP contribution in [0.15, 0.2) is 0 Å². The number of carbonyl (C=O) groups excluding carboxylic acids is 2.